The smallest absolute Gasteiger partial charge is 0.127 e. The fourth-order valence-electron chi connectivity index (χ4n) is 2.72. The Balaban J connectivity index is 2.05. The second kappa shape index (κ2) is 6.29. The summed E-state index contributed by atoms with van der Waals surface area (Å²) >= 11 is 1.97. The third kappa shape index (κ3) is 3.63. The number of anilines is 1. The van der Waals surface area contributed by atoms with Gasteiger partial charge in [-0.1, -0.05) is 19.3 Å². The molecule has 1 heterocycles. The summed E-state index contributed by atoms with van der Waals surface area (Å²) in [6.45, 7) is 2.87. The summed E-state index contributed by atoms with van der Waals surface area (Å²) in [6.07, 6.45) is 8.78. The highest BCUT2D eigenvalue weighted by Gasteiger charge is 2.30. The highest BCUT2D eigenvalue weighted by molar-refractivity contribution is 8.00. The van der Waals surface area contributed by atoms with Crippen LogP contribution in [0.3, 0.4) is 0 Å². The Labute approximate surface area is 119 Å². The van der Waals surface area contributed by atoms with E-state index in [4.69, 9.17) is 5.26 Å². The monoisotopic (exact) mass is 275 g/mol. The molecular formula is C15H21N3S. The first kappa shape index (κ1) is 14.2. The van der Waals surface area contributed by atoms with E-state index in [1.54, 1.807) is 0 Å². The molecule has 0 spiro atoms. The van der Waals surface area contributed by atoms with E-state index in [0.29, 0.717) is 10.3 Å². The number of hydrogen-bond donors (Lipinski definition) is 1. The van der Waals surface area contributed by atoms with Gasteiger partial charge < -0.3 is 5.32 Å². The van der Waals surface area contributed by atoms with Gasteiger partial charge in [-0.05, 0) is 38.2 Å². The predicted molar refractivity (Wildman–Crippen MR) is 81.5 cm³/mol. The predicted octanol–water partition coefficient (Wildman–Crippen LogP) is 3.74. The third-order valence-electron chi connectivity index (χ3n) is 3.87. The molecule has 0 aromatic carbocycles. The topological polar surface area (TPSA) is 48.7 Å². The van der Waals surface area contributed by atoms with E-state index < -0.39 is 0 Å². The van der Waals surface area contributed by atoms with Gasteiger partial charge in [0.2, 0.25) is 0 Å². The number of aromatic nitrogens is 1. The molecule has 1 aromatic rings. The molecule has 1 aromatic heterocycles. The fraction of sp³-hybridized carbons (Fsp3) is 0.600. The molecule has 1 N–H and O–H groups in total. The first-order valence-corrected chi connectivity index (χ1v) is 8.08. The van der Waals surface area contributed by atoms with Crippen molar-refractivity contribution in [1.29, 1.82) is 5.26 Å². The van der Waals surface area contributed by atoms with Crippen molar-refractivity contribution < 1.29 is 0 Å². The molecule has 0 aliphatic heterocycles. The van der Waals surface area contributed by atoms with Crippen molar-refractivity contribution in [1.82, 2.24) is 4.98 Å². The minimum Gasteiger partial charge on any atom is -0.369 e. The lowest BCUT2D eigenvalue weighted by Gasteiger charge is -2.36. The summed E-state index contributed by atoms with van der Waals surface area (Å²) in [4.78, 5) is 4.46. The number of nitrogens with zero attached hydrogens (tertiary/aromatic N) is 2. The maximum atomic E-state index is 8.99. The van der Waals surface area contributed by atoms with Gasteiger partial charge in [0.1, 0.15) is 5.82 Å². The zero-order valence-electron chi connectivity index (χ0n) is 11.7. The second-order valence-corrected chi connectivity index (χ2v) is 6.57. The minimum absolute atomic E-state index is 0.344. The molecule has 2 rings (SSSR count). The first-order valence-electron chi connectivity index (χ1n) is 6.85. The molecule has 0 amide bonds. The minimum atomic E-state index is 0.344. The number of aryl methyl sites for hydroxylation is 1. The van der Waals surface area contributed by atoms with Gasteiger partial charge in [0, 0.05) is 17.0 Å². The number of thioether (sulfide) groups is 1. The van der Waals surface area contributed by atoms with E-state index in [1.807, 2.05) is 30.8 Å². The van der Waals surface area contributed by atoms with E-state index in [-0.39, 0.29) is 0 Å². The van der Waals surface area contributed by atoms with Crippen molar-refractivity contribution in [2.45, 2.75) is 43.8 Å². The quantitative estimate of drug-likeness (QED) is 0.909. The zero-order chi connectivity index (χ0) is 13.7. The van der Waals surface area contributed by atoms with Crippen LogP contribution in [0.2, 0.25) is 0 Å². The van der Waals surface area contributed by atoms with E-state index in [1.165, 1.54) is 32.1 Å². The van der Waals surface area contributed by atoms with Gasteiger partial charge in [-0.15, -0.1) is 0 Å². The van der Waals surface area contributed by atoms with Crippen molar-refractivity contribution in [2.75, 3.05) is 18.1 Å². The van der Waals surface area contributed by atoms with Crippen molar-refractivity contribution in [3.63, 3.8) is 0 Å². The van der Waals surface area contributed by atoms with E-state index in [0.717, 1.165) is 18.1 Å². The van der Waals surface area contributed by atoms with E-state index >= 15 is 0 Å². The Morgan fingerprint density at radius 2 is 2.11 bits per heavy atom. The summed E-state index contributed by atoms with van der Waals surface area (Å²) in [6, 6.07) is 5.84. The maximum Gasteiger partial charge on any atom is 0.127 e. The van der Waals surface area contributed by atoms with Gasteiger partial charge in [-0.25, -0.2) is 4.98 Å². The van der Waals surface area contributed by atoms with Crippen LogP contribution >= 0.6 is 11.8 Å². The van der Waals surface area contributed by atoms with Gasteiger partial charge in [-0.3, -0.25) is 0 Å². The van der Waals surface area contributed by atoms with Crippen LogP contribution in [0, 0.1) is 18.3 Å². The fourth-order valence-corrected chi connectivity index (χ4v) is 3.64. The number of hydrogen-bond acceptors (Lipinski definition) is 4. The first-order chi connectivity index (χ1) is 9.17. The molecule has 0 atom stereocenters. The van der Waals surface area contributed by atoms with Crippen molar-refractivity contribution >= 4 is 17.6 Å². The molecule has 102 valence electrons. The average Bonchev–Trinajstić information content (AvgIpc) is 2.45. The summed E-state index contributed by atoms with van der Waals surface area (Å²) < 4.78 is 0.344. The maximum absolute atomic E-state index is 8.99. The molecule has 1 aliphatic carbocycles. The third-order valence-corrected chi connectivity index (χ3v) is 5.29. The molecule has 4 heteroatoms. The van der Waals surface area contributed by atoms with Crippen molar-refractivity contribution in [3.8, 4) is 6.07 Å². The Morgan fingerprint density at radius 3 is 2.74 bits per heavy atom. The molecule has 0 unspecified atom stereocenters. The molecule has 0 bridgehead atoms. The molecule has 0 saturated heterocycles. The number of nitrogens with one attached hydrogen (secondary N) is 1. The highest BCUT2D eigenvalue weighted by Crippen LogP contribution is 2.38. The largest absolute Gasteiger partial charge is 0.369 e. The lowest BCUT2D eigenvalue weighted by atomic mass is 9.88. The molecule has 1 fully saturated rings. The average molecular weight is 275 g/mol. The Morgan fingerprint density at radius 1 is 1.37 bits per heavy atom. The van der Waals surface area contributed by atoms with Crippen LogP contribution in [-0.4, -0.2) is 22.5 Å². The van der Waals surface area contributed by atoms with Gasteiger partial charge in [0.25, 0.3) is 0 Å². The van der Waals surface area contributed by atoms with Crippen LogP contribution in [0.25, 0.3) is 0 Å². The van der Waals surface area contributed by atoms with E-state index in [9.17, 15) is 0 Å². The Hall–Kier alpha value is -1.21. The van der Waals surface area contributed by atoms with Gasteiger partial charge >= 0.3 is 0 Å². The lowest BCUT2D eigenvalue weighted by molar-refractivity contribution is 0.411. The molecular weight excluding hydrogens is 254 g/mol. The number of nitriles is 1. The second-order valence-electron chi connectivity index (χ2n) is 5.30. The number of rotatable bonds is 4. The summed E-state index contributed by atoms with van der Waals surface area (Å²) in [5, 5.41) is 12.4. The standard InChI is InChI=1S/C15H21N3S/c1-12-8-13(10-16)9-14(18-12)17-11-15(19-2)6-4-3-5-7-15/h8-9H,3-7,11H2,1-2H3,(H,17,18). The van der Waals surface area contributed by atoms with Crippen LogP contribution in [0.1, 0.15) is 43.4 Å². The van der Waals surface area contributed by atoms with Crippen LogP contribution in [0.5, 0.6) is 0 Å². The molecule has 19 heavy (non-hydrogen) atoms. The zero-order valence-corrected chi connectivity index (χ0v) is 12.5. The SMILES string of the molecule is CSC1(CNc2cc(C#N)cc(C)n2)CCCCC1. The molecule has 0 radical (unpaired) electrons. The molecule has 1 aliphatic rings. The number of pyridine rings is 1. The van der Waals surface area contributed by atoms with Crippen molar-refractivity contribution in [3.05, 3.63) is 23.4 Å². The summed E-state index contributed by atoms with van der Waals surface area (Å²) in [7, 11) is 0. The Bertz CT molecular complexity index is 473. The van der Waals surface area contributed by atoms with Crippen LogP contribution in [0.15, 0.2) is 12.1 Å². The van der Waals surface area contributed by atoms with Crippen LogP contribution in [-0.2, 0) is 0 Å². The molecule has 3 nitrogen and oxygen atoms in total. The van der Waals surface area contributed by atoms with Crippen molar-refractivity contribution in [2.24, 2.45) is 0 Å². The Kier molecular flexibility index (Phi) is 4.71. The summed E-state index contributed by atoms with van der Waals surface area (Å²) in [5.74, 6) is 0.829. The highest BCUT2D eigenvalue weighted by atomic mass is 32.2. The van der Waals surface area contributed by atoms with Crippen LogP contribution in [0.4, 0.5) is 5.82 Å². The van der Waals surface area contributed by atoms with E-state index in [2.05, 4.69) is 22.6 Å². The molecule has 1 saturated carbocycles. The lowest BCUT2D eigenvalue weighted by Crippen LogP contribution is -2.35. The normalized spacial score (nSPS) is 17.7. The van der Waals surface area contributed by atoms with Crippen LogP contribution < -0.4 is 5.32 Å². The summed E-state index contributed by atoms with van der Waals surface area (Å²) in [5.41, 5.74) is 1.57. The van der Waals surface area contributed by atoms with Gasteiger partial charge in [0.15, 0.2) is 0 Å². The van der Waals surface area contributed by atoms with Gasteiger partial charge in [-0.2, -0.15) is 17.0 Å². The van der Waals surface area contributed by atoms with Gasteiger partial charge in [0.05, 0.1) is 11.6 Å².